The Bertz CT molecular complexity index is 1230. The predicted octanol–water partition coefficient (Wildman–Crippen LogP) is 8.91. The van der Waals surface area contributed by atoms with Crippen molar-refractivity contribution in [2.24, 2.45) is 0 Å². The van der Waals surface area contributed by atoms with E-state index in [1.54, 1.807) is 11.3 Å². The van der Waals surface area contributed by atoms with Crippen molar-refractivity contribution < 1.29 is 0 Å². The van der Waals surface area contributed by atoms with Crippen LogP contribution in [-0.4, -0.2) is 0 Å². The number of hydrogen-bond donors (Lipinski definition) is 0. The maximum atomic E-state index is 3.79. The summed E-state index contributed by atoms with van der Waals surface area (Å²) in [7, 11) is 0. The van der Waals surface area contributed by atoms with Gasteiger partial charge in [0.1, 0.15) is 0 Å². The lowest BCUT2D eigenvalue weighted by Gasteiger charge is -2.17. The Balaban J connectivity index is 2.03. The summed E-state index contributed by atoms with van der Waals surface area (Å²) in [6.07, 6.45) is 0. The van der Waals surface area contributed by atoms with Gasteiger partial charge >= 0.3 is 0 Å². The number of thiophene rings is 1. The molecule has 0 fully saturated rings. The summed E-state index contributed by atoms with van der Waals surface area (Å²) < 4.78 is 2.22. The average Bonchev–Trinajstić information content (AvgIpc) is 3.05. The van der Waals surface area contributed by atoms with Crippen LogP contribution in [0.2, 0.25) is 0 Å². The number of rotatable bonds is 2. The monoisotopic (exact) mass is 492 g/mol. The lowest BCUT2D eigenvalue weighted by Crippen LogP contribution is -1.89. The highest BCUT2D eigenvalue weighted by atomic mass is 79.9. The number of halogens is 2. The van der Waals surface area contributed by atoms with Crippen molar-refractivity contribution in [3.8, 4) is 21.6 Å². The second kappa shape index (κ2) is 6.90. The van der Waals surface area contributed by atoms with E-state index in [2.05, 4.69) is 116 Å². The van der Waals surface area contributed by atoms with Crippen LogP contribution in [0.5, 0.6) is 0 Å². The zero-order chi connectivity index (χ0) is 18.4. The molecule has 4 aromatic carbocycles. The van der Waals surface area contributed by atoms with Gasteiger partial charge in [-0.05, 0) is 64.5 Å². The molecule has 5 aromatic rings. The van der Waals surface area contributed by atoms with Gasteiger partial charge in [-0.25, -0.2) is 0 Å². The molecular formula is C24H14Br2S. The first-order valence-electron chi connectivity index (χ1n) is 8.67. The molecule has 0 saturated heterocycles. The molecule has 0 nitrogen and oxygen atoms in total. The molecule has 0 aliphatic heterocycles. The molecule has 0 aliphatic rings. The highest BCUT2D eigenvalue weighted by molar-refractivity contribution is 9.13. The van der Waals surface area contributed by atoms with Crippen LogP contribution in [0, 0.1) is 0 Å². The fourth-order valence-electron chi connectivity index (χ4n) is 3.78. The summed E-state index contributed by atoms with van der Waals surface area (Å²) >= 11 is 9.21. The molecule has 0 bridgehead atoms. The van der Waals surface area contributed by atoms with Crippen LogP contribution in [0.25, 0.3) is 43.1 Å². The fourth-order valence-corrected chi connectivity index (χ4v) is 6.02. The Morgan fingerprint density at radius 2 is 1.04 bits per heavy atom. The van der Waals surface area contributed by atoms with Crippen molar-refractivity contribution in [2.75, 3.05) is 0 Å². The summed E-state index contributed by atoms with van der Waals surface area (Å²) in [6.45, 7) is 0. The van der Waals surface area contributed by atoms with E-state index in [0.717, 1.165) is 8.95 Å². The molecule has 1 heterocycles. The minimum atomic E-state index is 1.10. The summed E-state index contributed by atoms with van der Waals surface area (Å²) in [4.78, 5) is 1.26. The van der Waals surface area contributed by atoms with Crippen LogP contribution in [0.1, 0.15) is 0 Å². The van der Waals surface area contributed by atoms with E-state index < -0.39 is 0 Å². The Morgan fingerprint density at radius 1 is 0.556 bits per heavy atom. The molecule has 0 N–H and O–H groups in total. The van der Waals surface area contributed by atoms with Gasteiger partial charge < -0.3 is 0 Å². The molecule has 5 rings (SSSR count). The van der Waals surface area contributed by atoms with Gasteiger partial charge in [0.25, 0.3) is 0 Å². The minimum absolute atomic E-state index is 1.10. The molecule has 3 heteroatoms. The van der Waals surface area contributed by atoms with Gasteiger partial charge in [-0.3, -0.25) is 0 Å². The molecule has 27 heavy (non-hydrogen) atoms. The molecule has 0 radical (unpaired) electrons. The Morgan fingerprint density at radius 3 is 1.52 bits per heavy atom. The Hall–Kier alpha value is -1.94. The van der Waals surface area contributed by atoms with Crippen molar-refractivity contribution in [3.05, 3.63) is 93.2 Å². The quantitative estimate of drug-likeness (QED) is 0.215. The van der Waals surface area contributed by atoms with Crippen LogP contribution in [0.4, 0.5) is 0 Å². The minimum Gasteiger partial charge on any atom is -0.141 e. The van der Waals surface area contributed by atoms with Crippen molar-refractivity contribution in [1.29, 1.82) is 0 Å². The number of fused-ring (bicyclic) bond motifs is 2. The topological polar surface area (TPSA) is 0 Å². The fraction of sp³-hybridized carbons (Fsp3) is 0. The zero-order valence-corrected chi connectivity index (χ0v) is 18.2. The van der Waals surface area contributed by atoms with Crippen LogP contribution >= 0.6 is 43.2 Å². The molecule has 0 aliphatic carbocycles. The molecule has 0 amide bonds. The zero-order valence-electron chi connectivity index (χ0n) is 14.2. The smallest absolute Gasteiger partial charge is 0.0509 e. The predicted molar refractivity (Wildman–Crippen MR) is 126 cm³/mol. The first-order valence-corrected chi connectivity index (χ1v) is 11.1. The van der Waals surface area contributed by atoms with Gasteiger partial charge in [0.2, 0.25) is 0 Å². The van der Waals surface area contributed by atoms with Gasteiger partial charge in [-0.2, -0.15) is 0 Å². The van der Waals surface area contributed by atoms with E-state index in [1.807, 2.05) is 0 Å². The second-order valence-electron chi connectivity index (χ2n) is 6.43. The first-order chi connectivity index (χ1) is 13.3. The van der Waals surface area contributed by atoms with E-state index in [9.17, 15) is 0 Å². The summed E-state index contributed by atoms with van der Waals surface area (Å²) in [6, 6.07) is 28.2. The van der Waals surface area contributed by atoms with E-state index in [1.165, 1.54) is 43.1 Å². The van der Waals surface area contributed by atoms with Gasteiger partial charge in [-0.15, -0.1) is 11.3 Å². The second-order valence-corrected chi connectivity index (χ2v) is 8.96. The summed E-state index contributed by atoms with van der Waals surface area (Å²) in [5, 5.41) is 7.28. The van der Waals surface area contributed by atoms with Crippen LogP contribution < -0.4 is 0 Å². The van der Waals surface area contributed by atoms with Crippen molar-refractivity contribution in [1.82, 2.24) is 0 Å². The molecular weight excluding hydrogens is 480 g/mol. The van der Waals surface area contributed by atoms with E-state index in [4.69, 9.17) is 0 Å². The van der Waals surface area contributed by atoms with Crippen LogP contribution in [-0.2, 0) is 0 Å². The third-order valence-electron chi connectivity index (χ3n) is 4.91. The van der Waals surface area contributed by atoms with Crippen molar-refractivity contribution in [2.45, 2.75) is 0 Å². The third kappa shape index (κ3) is 2.77. The maximum absolute atomic E-state index is 3.79. The van der Waals surface area contributed by atoms with Gasteiger partial charge in [0.05, 0.1) is 9.35 Å². The lowest BCUT2D eigenvalue weighted by molar-refractivity contribution is 1.67. The van der Waals surface area contributed by atoms with Gasteiger partial charge in [0.15, 0.2) is 0 Å². The van der Waals surface area contributed by atoms with Gasteiger partial charge in [-0.1, -0.05) is 78.9 Å². The first kappa shape index (κ1) is 17.2. The highest BCUT2D eigenvalue weighted by Crippen LogP contribution is 2.48. The van der Waals surface area contributed by atoms with Crippen LogP contribution in [0.3, 0.4) is 0 Å². The lowest BCUT2D eigenvalue weighted by atomic mass is 9.88. The van der Waals surface area contributed by atoms with E-state index >= 15 is 0 Å². The van der Waals surface area contributed by atoms with Crippen LogP contribution in [0.15, 0.2) is 93.2 Å². The Kier molecular flexibility index (Phi) is 4.39. The van der Waals surface area contributed by atoms with Crippen molar-refractivity contribution >= 4 is 64.7 Å². The van der Waals surface area contributed by atoms with E-state index in [-0.39, 0.29) is 0 Å². The van der Waals surface area contributed by atoms with E-state index in [0.29, 0.717) is 0 Å². The van der Waals surface area contributed by atoms with Gasteiger partial charge in [0, 0.05) is 15.4 Å². The third-order valence-corrected chi connectivity index (χ3v) is 8.45. The molecule has 0 spiro atoms. The number of hydrogen-bond acceptors (Lipinski definition) is 1. The normalized spacial score (nSPS) is 11.3. The summed E-state index contributed by atoms with van der Waals surface area (Å²) in [5.41, 5.74) is 3.85. The highest BCUT2D eigenvalue weighted by Gasteiger charge is 2.19. The molecule has 0 atom stereocenters. The SMILES string of the molecule is Brc1csc(-c2c3ccccc3c(-c3ccccc3)c3ccccc23)c1Br. The number of benzene rings is 4. The van der Waals surface area contributed by atoms with Crippen molar-refractivity contribution in [3.63, 3.8) is 0 Å². The average molecular weight is 494 g/mol. The largest absolute Gasteiger partial charge is 0.141 e. The maximum Gasteiger partial charge on any atom is 0.0509 e. The molecule has 1 aromatic heterocycles. The Labute approximate surface area is 178 Å². The molecule has 0 unspecified atom stereocenters. The standard InChI is InChI=1S/C24H14Br2S/c25-20-14-27-24(23(20)26)22-18-12-6-4-10-16(18)21(15-8-2-1-3-9-15)17-11-5-7-13-19(17)22/h1-14H. The summed E-state index contributed by atoms with van der Waals surface area (Å²) in [5.74, 6) is 0. The molecule has 0 saturated carbocycles. The molecule has 130 valence electrons.